The fourth-order valence-corrected chi connectivity index (χ4v) is 6.59. The van der Waals surface area contributed by atoms with E-state index in [9.17, 15) is 25.2 Å². The number of benzene rings is 1. The number of nitrogens with zero attached hydrogens (tertiary/aromatic N) is 1. The minimum atomic E-state index is -1.15. The quantitative estimate of drug-likeness (QED) is 0.462. The van der Waals surface area contributed by atoms with E-state index >= 15 is 0 Å². The highest BCUT2D eigenvalue weighted by molar-refractivity contribution is 5.67. The number of likely N-dealkylation sites (tertiary alicyclic amines) is 1. The first-order chi connectivity index (χ1) is 13.8. The number of ether oxygens (including phenoxy) is 1. The number of aromatic hydroxyl groups is 1. The van der Waals surface area contributed by atoms with Crippen LogP contribution < -0.4 is 4.74 Å². The van der Waals surface area contributed by atoms with Gasteiger partial charge in [-0.15, -0.1) is 0 Å². The lowest BCUT2D eigenvalue weighted by molar-refractivity contribution is -0.209. The molecule has 2 aliphatic carbocycles. The van der Waals surface area contributed by atoms with Gasteiger partial charge in [-0.3, -0.25) is 9.69 Å². The van der Waals surface area contributed by atoms with Crippen molar-refractivity contribution in [3.05, 3.63) is 23.3 Å². The SMILES string of the molecule is O=C(O)CC(CO)CN1CC[C@]23c4c5ccc(O)c4O[C@H]2[C@@H](O)CC[C@@]3(O)[C@H]1C5. The maximum absolute atomic E-state index is 12.1. The molecule has 1 aromatic carbocycles. The van der Waals surface area contributed by atoms with Crippen LogP contribution in [0.25, 0.3) is 0 Å². The normalized spacial score (nSPS) is 38.2. The average molecular weight is 405 g/mol. The molecule has 5 rings (SSSR count). The molecule has 2 heterocycles. The second-order valence-corrected chi connectivity index (χ2v) is 9.10. The molecule has 1 spiro atoms. The number of carbonyl (C=O) groups is 1. The minimum absolute atomic E-state index is 0.0322. The Morgan fingerprint density at radius 1 is 1.34 bits per heavy atom. The topological polar surface area (TPSA) is 131 Å². The summed E-state index contributed by atoms with van der Waals surface area (Å²) in [6.07, 6.45) is 0.442. The third-order valence-electron chi connectivity index (χ3n) is 7.76. The highest BCUT2D eigenvalue weighted by Gasteiger charge is 2.72. The fraction of sp³-hybridized carbons (Fsp3) is 0.667. The maximum atomic E-state index is 12.1. The molecule has 1 aromatic rings. The number of phenols is 1. The zero-order chi connectivity index (χ0) is 20.6. The number of piperidine rings is 1. The number of hydrogen-bond acceptors (Lipinski definition) is 7. The molecule has 2 bridgehead atoms. The van der Waals surface area contributed by atoms with Crippen LogP contribution in [0.5, 0.6) is 11.5 Å². The van der Waals surface area contributed by atoms with Crippen LogP contribution in [0.15, 0.2) is 12.1 Å². The van der Waals surface area contributed by atoms with Gasteiger partial charge >= 0.3 is 5.97 Å². The second-order valence-electron chi connectivity index (χ2n) is 9.10. The van der Waals surface area contributed by atoms with E-state index in [1.165, 1.54) is 0 Å². The lowest BCUT2D eigenvalue weighted by Gasteiger charge is -2.64. The lowest BCUT2D eigenvalue weighted by atomic mass is 9.48. The largest absolute Gasteiger partial charge is 0.504 e. The van der Waals surface area contributed by atoms with E-state index in [-0.39, 0.29) is 24.8 Å². The molecule has 8 nitrogen and oxygen atoms in total. The highest BCUT2D eigenvalue weighted by Crippen LogP contribution is 2.65. The first-order valence-corrected chi connectivity index (χ1v) is 10.3. The molecular formula is C21H27NO7. The van der Waals surface area contributed by atoms with Gasteiger partial charge in [0, 0.05) is 30.7 Å². The van der Waals surface area contributed by atoms with E-state index in [1.807, 2.05) is 6.07 Å². The molecular weight excluding hydrogens is 378 g/mol. The van der Waals surface area contributed by atoms with E-state index in [0.717, 1.165) is 11.1 Å². The molecule has 8 heteroatoms. The van der Waals surface area contributed by atoms with Crippen LogP contribution >= 0.6 is 0 Å². The Morgan fingerprint density at radius 3 is 2.86 bits per heavy atom. The highest BCUT2D eigenvalue weighted by atomic mass is 16.5. The van der Waals surface area contributed by atoms with Gasteiger partial charge in [0.25, 0.3) is 0 Å². The first-order valence-electron chi connectivity index (χ1n) is 10.3. The predicted molar refractivity (Wildman–Crippen MR) is 101 cm³/mol. The summed E-state index contributed by atoms with van der Waals surface area (Å²) in [7, 11) is 0. The first kappa shape index (κ1) is 19.1. The molecule has 158 valence electrons. The van der Waals surface area contributed by atoms with Gasteiger partial charge < -0.3 is 30.3 Å². The second kappa shape index (κ2) is 6.31. The van der Waals surface area contributed by atoms with Gasteiger partial charge in [0.15, 0.2) is 11.5 Å². The van der Waals surface area contributed by atoms with Crippen molar-refractivity contribution in [2.75, 3.05) is 19.7 Å². The molecule has 0 radical (unpaired) electrons. The third kappa shape index (κ3) is 2.37. The number of carboxylic acid groups (broad SMARTS) is 1. The van der Waals surface area contributed by atoms with Crippen molar-refractivity contribution >= 4 is 5.97 Å². The lowest BCUT2D eigenvalue weighted by Crippen LogP contribution is -2.77. The van der Waals surface area contributed by atoms with Gasteiger partial charge in [-0.05, 0) is 43.9 Å². The number of aliphatic hydroxyl groups excluding tert-OH is 2. The summed E-state index contributed by atoms with van der Waals surface area (Å²) in [5.41, 5.74) is -0.101. The number of aliphatic hydroxyl groups is 3. The van der Waals surface area contributed by atoms with Gasteiger partial charge in [0.05, 0.1) is 23.5 Å². The standard InChI is InChI=1S/C21H27NO7/c23-10-11(7-16(26)27)9-22-6-5-20-17-12-1-2-13(24)18(17)29-19(20)14(25)3-4-21(20,28)15(22)8-12/h1-2,11,14-15,19,23-25,28H,3-10H2,(H,26,27)/t11?,14-,15+,19-,20-,21+/m0/s1. The van der Waals surface area contributed by atoms with Gasteiger partial charge in [0.1, 0.15) is 6.10 Å². The van der Waals surface area contributed by atoms with Crippen LogP contribution in [0.2, 0.25) is 0 Å². The Bertz CT molecular complexity index is 860. The van der Waals surface area contributed by atoms with Gasteiger partial charge in [-0.1, -0.05) is 6.07 Å². The third-order valence-corrected chi connectivity index (χ3v) is 7.76. The number of carboxylic acids is 1. The number of rotatable bonds is 5. The summed E-state index contributed by atoms with van der Waals surface area (Å²) in [5.74, 6) is -0.940. The molecule has 0 aromatic heterocycles. The van der Waals surface area contributed by atoms with Gasteiger partial charge in [-0.25, -0.2) is 0 Å². The van der Waals surface area contributed by atoms with Gasteiger partial charge in [-0.2, -0.15) is 0 Å². The molecule has 6 atom stereocenters. The Hall–Kier alpha value is -1.87. The maximum Gasteiger partial charge on any atom is 0.303 e. The van der Waals surface area contributed by atoms with Crippen LogP contribution in [0, 0.1) is 5.92 Å². The fourth-order valence-electron chi connectivity index (χ4n) is 6.59. The van der Waals surface area contributed by atoms with E-state index in [2.05, 4.69) is 4.90 Å². The van der Waals surface area contributed by atoms with Crippen LogP contribution in [0.4, 0.5) is 0 Å². The van der Waals surface area contributed by atoms with Crippen molar-refractivity contribution in [3.63, 3.8) is 0 Å². The van der Waals surface area contributed by atoms with E-state index in [1.54, 1.807) is 6.07 Å². The van der Waals surface area contributed by atoms with Crippen molar-refractivity contribution in [3.8, 4) is 11.5 Å². The molecule has 1 saturated heterocycles. The molecule has 2 aliphatic heterocycles. The van der Waals surface area contributed by atoms with Crippen LogP contribution in [0.3, 0.4) is 0 Å². The molecule has 2 fully saturated rings. The number of hydrogen-bond donors (Lipinski definition) is 5. The predicted octanol–water partition coefficient (Wildman–Crippen LogP) is -0.00960. The Kier molecular flexibility index (Phi) is 4.16. The van der Waals surface area contributed by atoms with Crippen molar-refractivity contribution in [2.24, 2.45) is 5.92 Å². The van der Waals surface area contributed by atoms with Gasteiger partial charge in [0.2, 0.25) is 0 Å². The summed E-state index contributed by atoms with van der Waals surface area (Å²) >= 11 is 0. The molecule has 1 saturated carbocycles. The average Bonchev–Trinajstić information content (AvgIpc) is 3.03. The van der Waals surface area contributed by atoms with Crippen LogP contribution in [0.1, 0.15) is 36.8 Å². The summed E-state index contributed by atoms with van der Waals surface area (Å²) < 4.78 is 6.08. The Labute approximate surface area is 168 Å². The van der Waals surface area contributed by atoms with Crippen molar-refractivity contribution in [1.29, 1.82) is 0 Å². The zero-order valence-electron chi connectivity index (χ0n) is 16.1. The zero-order valence-corrected chi connectivity index (χ0v) is 16.1. The molecule has 5 N–H and O–H groups in total. The van der Waals surface area contributed by atoms with Crippen LogP contribution in [-0.2, 0) is 16.6 Å². The Balaban J connectivity index is 1.59. The summed E-state index contributed by atoms with van der Waals surface area (Å²) in [4.78, 5) is 13.3. The van der Waals surface area contributed by atoms with Crippen molar-refractivity contribution in [2.45, 2.75) is 61.4 Å². The molecule has 4 aliphatic rings. The van der Waals surface area contributed by atoms with E-state index in [0.29, 0.717) is 44.5 Å². The van der Waals surface area contributed by atoms with E-state index < -0.39 is 35.1 Å². The molecule has 29 heavy (non-hydrogen) atoms. The minimum Gasteiger partial charge on any atom is -0.504 e. The molecule has 1 unspecified atom stereocenters. The Morgan fingerprint density at radius 2 is 2.14 bits per heavy atom. The summed E-state index contributed by atoms with van der Waals surface area (Å²) in [5, 5.41) is 52.0. The monoisotopic (exact) mass is 405 g/mol. The van der Waals surface area contributed by atoms with Crippen LogP contribution in [-0.4, -0.2) is 79.9 Å². The molecule has 0 amide bonds. The van der Waals surface area contributed by atoms with Crippen molar-refractivity contribution < 1.29 is 35.1 Å². The number of aliphatic carboxylic acids is 1. The summed E-state index contributed by atoms with van der Waals surface area (Å²) in [6, 6.07) is 3.19. The van der Waals surface area contributed by atoms with Crippen molar-refractivity contribution in [1.82, 2.24) is 4.90 Å². The number of phenolic OH excluding ortho intramolecular Hbond substituents is 1. The smallest absolute Gasteiger partial charge is 0.303 e. The van der Waals surface area contributed by atoms with E-state index in [4.69, 9.17) is 9.84 Å². The summed E-state index contributed by atoms with van der Waals surface area (Å²) in [6.45, 7) is 0.766.